The lowest BCUT2D eigenvalue weighted by molar-refractivity contribution is -0.158. The average molecular weight is 702 g/mol. The fraction of sp³-hybridized carbons (Fsp3) is 0.647. The van der Waals surface area contributed by atoms with E-state index in [1.165, 1.54) is 0 Å². The molecule has 0 aromatic heterocycles. The highest BCUT2D eigenvalue weighted by molar-refractivity contribution is 6.67. The number of hydrogen-bond donors (Lipinski definition) is 1. The molecule has 4 rings (SSSR count). The highest BCUT2D eigenvalue weighted by Crippen LogP contribution is 2.77. The van der Waals surface area contributed by atoms with Gasteiger partial charge in [0.05, 0.1) is 38.6 Å². The minimum Gasteiger partial charge on any atom is -0.481 e. The highest BCUT2D eigenvalue weighted by atomic mass is 35.5. The van der Waals surface area contributed by atoms with E-state index in [0.29, 0.717) is 0 Å². The molecule has 0 aromatic carbocycles. The lowest BCUT2D eigenvalue weighted by atomic mass is 9.82. The van der Waals surface area contributed by atoms with Crippen LogP contribution in [0.1, 0.15) is 6.42 Å². The first kappa shape index (κ1) is 27.9. The fourth-order valence-corrected chi connectivity index (χ4v) is 10.8. The molecule has 16 heteroatoms. The van der Waals surface area contributed by atoms with Crippen molar-refractivity contribution in [3.05, 3.63) is 20.1 Å². The maximum Gasteiger partial charge on any atom is 0.312 e. The fourth-order valence-electron chi connectivity index (χ4n) is 5.07. The molecule has 4 nitrogen and oxygen atoms in total. The number of aliphatic carboxylic acids is 1. The maximum atomic E-state index is 13.2. The van der Waals surface area contributed by atoms with E-state index in [1.807, 2.05) is 0 Å². The predicted octanol–water partition coefficient (Wildman–Crippen LogP) is 7.54. The molecule has 184 valence electrons. The van der Waals surface area contributed by atoms with Gasteiger partial charge in [-0.15, -0.1) is 46.4 Å². The van der Waals surface area contributed by atoms with Crippen LogP contribution in [0, 0.1) is 17.8 Å². The molecular weight excluding hydrogens is 694 g/mol. The normalized spacial score (nSPS) is 47.0. The Morgan fingerprint density at radius 3 is 1.64 bits per heavy atom. The summed E-state index contributed by atoms with van der Waals surface area (Å²) < 4.78 is 1.29. The van der Waals surface area contributed by atoms with Crippen molar-refractivity contribution in [3.8, 4) is 0 Å². The van der Waals surface area contributed by atoms with Gasteiger partial charge in [-0.05, 0) is 6.42 Å². The van der Waals surface area contributed by atoms with Gasteiger partial charge in [0.15, 0.2) is 8.67 Å². The minimum absolute atomic E-state index is 0.00663. The Morgan fingerprint density at radius 1 is 0.758 bits per heavy atom. The Balaban J connectivity index is 1.66. The lowest BCUT2D eigenvalue weighted by Gasteiger charge is -2.35. The second-order valence-corrected chi connectivity index (χ2v) is 14.8. The lowest BCUT2D eigenvalue weighted by Crippen LogP contribution is -2.47. The van der Waals surface area contributed by atoms with Gasteiger partial charge in [0.25, 0.3) is 0 Å². The van der Waals surface area contributed by atoms with Crippen molar-refractivity contribution in [2.75, 3.05) is 6.61 Å². The summed E-state index contributed by atoms with van der Waals surface area (Å²) in [6, 6.07) is 0. The molecule has 33 heavy (non-hydrogen) atoms. The number of carbonyl (C=O) groups excluding carboxylic acids is 1. The molecule has 0 spiro atoms. The number of rotatable bonds is 4. The summed E-state index contributed by atoms with van der Waals surface area (Å²) in [5, 5.41) is 8.99. The van der Waals surface area contributed by atoms with Gasteiger partial charge in [-0.25, -0.2) is 0 Å². The van der Waals surface area contributed by atoms with Crippen molar-refractivity contribution in [3.63, 3.8) is 0 Å². The third-order valence-electron chi connectivity index (χ3n) is 6.79. The Hall–Kier alpha value is 1.90. The summed E-state index contributed by atoms with van der Waals surface area (Å²) in [7, 11) is 0. The molecule has 0 saturated heterocycles. The van der Waals surface area contributed by atoms with E-state index >= 15 is 0 Å². The first-order valence-corrected chi connectivity index (χ1v) is 13.4. The molecule has 0 radical (unpaired) electrons. The summed E-state index contributed by atoms with van der Waals surface area (Å²) in [5.74, 6) is -6.98. The number of carbonyl (C=O) groups is 2. The quantitative estimate of drug-likeness (QED) is 0.243. The zero-order valence-electron chi connectivity index (χ0n) is 15.4. The van der Waals surface area contributed by atoms with Crippen LogP contribution < -0.4 is 0 Å². The van der Waals surface area contributed by atoms with Crippen LogP contribution in [0.25, 0.3) is 0 Å². The summed E-state index contributed by atoms with van der Waals surface area (Å²) in [4.78, 5) is 17.7. The number of alkyl halides is 8. The molecule has 0 aromatic rings. The molecule has 2 fully saturated rings. The Morgan fingerprint density at radius 2 is 1.21 bits per heavy atom. The standard InChI is InChI=1S/C17H8Cl12O4/c18-6-7(19)13(23)3(1-12(6,22)16(13,26)27)2-33-11(32)5-4(10(30)31)14(24)8(20)9(21)15(5,25)17(14,28)29/h3-5H,1-2H2,(H,30,31)/t3-,4+,5-,12-,13+,14-,15-/m0/s1. The maximum absolute atomic E-state index is 13.2. The van der Waals surface area contributed by atoms with Gasteiger partial charge in [0, 0.05) is 5.92 Å². The molecule has 4 aliphatic carbocycles. The molecule has 0 heterocycles. The minimum atomic E-state index is -2.27. The van der Waals surface area contributed by atoms with Crippen LogP contribution in [0.5, 0.6) is 0 Å². The number of hydrogen-bond acceptors (Lipinski definition) is 3. The van der Waals surface area contributed by atoms with Gasteiger partial charge >= 0.3 is 11.9 Å². The Labute approximate surface area is 247 Å². The summed E-state index contributed by atoms with van der Waals surface area (Å²) in [6.45, 7) is -0.434. The van der Waals surface area contributed by atoms with E-state index in [4.69, 9.17) is 144 Å². The Bertz CT molecular complexity index is 1060. The van der Waals surface area contributed by atoms with Crippen LogP contribution in [-0.2, 0) is 14.3 Å². The van der Waals surface area contributed by atoms with E-state index in [-0.39, 0.29) is 26.5 Å². The number of esters is 1. The van der Waals surface area contributed by atoms with E-state index in [9.17, 15) is 14.7 Å². The molecule has 2 saturated carbocycles. The zero-order chi connectivity index (χ0) is 25.3. The van der Waals surface area contributed by atoms with Crippen molar-refractivity contribution < 1.29 is 19.4 Å². The van der Waals surface area contributed by atoms with Gasteiger partial charge in [-0.3, -0.25) is 9.59 Å². The van der Waals surface area contributed by atoms with Gasteiger partial charge in [0.1, 0.15) is 19.5 Å². The largest absolute Gasteiger partial charge is 0.481 e. The second kappa shape index (κ2) is 7.96. The third-order valence-corrected chi connectivity index (χ3v) is 15.4. The topological polar surface area (TPSA) is 63.6 Å². The number of ether oxygens (including phenoxy) is 1. The third kappa shape index (κ3) is 2.86. The van der Waals surface area contributed by atoms with Crippen molar-refractivity contribution in [2.24, 2.45) is 17.8 Å². The molecule has 7 atom stereocenters. The highest BCUT2D eigenvalue weighted by Gasteiger charge is 2.86. The summed E-state index contributed by atoms with van der Waals surface area (Å²) in [5.41, 5.74) is 0. The molecule has 0 aliphatic heterocycles. The Kier molecular flexibility index (Phi) is 6.73. The van der Waals surface area contributed by atoms with Gasteiger partial charge < -0.3 is 9.84 Å². The SMILES string of the molecule is O=C(OC[C@@H]1C[C@]2(Cl)C(Cl)=C(Cl)[C@@]1(Cl)C2(Cl)Cl)[C@@H]1[C@H](C(=O)O)[C@]2(Cl)C(Cl)=C(Cl)[C@]1(Cl)C2(Cl)Cl. The second-order valence-electron chi connectivity index (χ2n) is 8.17. The van der Waals surface area contributed by atoms with E-state index < -0.39 is 64.5 Å². The first-order valence-electron chi connectivity index (χ1n) is 8.84. The van der Waals surface area contributed by atoms with E-state index in [0.717, 1.165) is 0 Å². The van der Waals surface area contributed by atoms with E-state index in [2.05, 4.69) is 0 Å². The molecule has 0 amide bonds. The zero-order valence-corrected chi connectivity index (χ0v) is 24.4. The molecule has 4 aliphatic rings. The predicted molar refractivity (Wildman–Crippen MR) is 134 cm³/mol. The van der Waals surface area contributed by atoms with E-state index in [1.54, 1.807) is 0 Å². The van der Waals surface area contributed by atoms with Crippen LogP contribution in [0.3, 0.4) is 0 Å². The van der Waals surface area contributed by atoms with Crippen molar-refractivity contribution in [1.29, 1.82) is 0 Å². The summed E-state index contributed by atoms with van der Waals surface area (Å²) >= 11 is 76.8. The number of allylic oxidation sites excluding steroid dienone is 4. The molecule has 4 bridgehead atoms. The van der Waals surface area contributed by atoms with Crippen LogP contribution in [0.4, 0.5) is 0 Å². The van der Waals surface area contributed by atoms with Gasteiger partial charge in [-0.1, -0.05) is 92.8 Å². The first-order chi connectivity index (χ1) is 14.8. The van der Waals surface area contributed by atoms with Crippen LogP contribution in [-0.4, -0.2) is 51.8 Å². The average Bonchev–Trinajstić information content (AvgIpc) is 3.06. The summed E-state index contributed by atoms with van der Waals surface area (Å²) in [6.07, 6.45) is -0.00663. The van der Waals surface area contributed by atoms with Crippen molar-refractivity contribution >= 4 is 151 Å². The number of fused-ring (bicyclic) bond motifs is 4. The molecule has 1 N–H and O–H groups in total. The van der Waals surface area contributed by atoms with Crippen LogP contribution in [0.2, 0.25) is 0 Å². The smallest absolute Gasteiger partial charge is 0.312 e. The molecular formula is C17H8Cl12O4. The number of halogens is 12. The molecule has 0 unspecified atom stereocenters. The number of carboxylic acids is 1. The van der Waals surface area contributed by atoms with Crippen LogP contribution in [0.15, 0.2) is 20.1 Å². The number of carboxylic acid groups (broad SMARTS) is 1. The monoisotopic (exact) mass is 696 g/mol. The van der Waals surface area contributed by atoms with Gasteiger partial charge in [0.2, 0.25) is 0 Å². The van der Waals surface area contributed by atoms with Crippen LogP contribution >= 0.6 is 139 Å². The van der Waals surface area contributed by atoms with Crippen molar-refractivity contribution in [1.82, 2.24) is 0 Å². The van der Waals surface area contributed by atoms with Crippen molar-refractivity contribution in [2.45, 2.75) is 34.6 Å². The van der Waals surface area contributed by atoms with Gasteiger partial charge in [-0.2, -0.15) is 0 Å².